The molecule has 0 aliphatic carbocycles. The number of aromatic nitrogens is 2. The number of aliphatic hydroxyl groups is 1. The van der Waals surface area contributed by atoms with Gasteiger partial charge in [-0.3, -0.25) is 9.20 Å². The van der Waals surface area contributed by atoms with Crippen molar-refractivity contribution in [1.82, 2.24) is 14.3 Å². The van der Waals surface area contributed by atoms with Gasteiger partial charge in [0.25, 0.3) is 5.91 Å². The molecule has 5 nitrogen and oxygen atoms in total. The Labute approximate surface area is 134 Å². The number of pyridine rings is 1. The molecular weight excluding hydrogens is 297 g/mol. The molecule has 1 atom stereocenters. The van der Waals surface area contributed by atoms with Gasteiger partial charge in [-0.1, -0.05) is 6.92 Å². The van der Waals surface area contributed by atoms with E-state index in [4.69, 9.17) is 0 Å². The number of hydrogen-bond acceptors (Lipinski definition) is 3. The van der Waals surface area contributed by atoms with Crippen molar-refractivity contribution in [2.45, 2.75) is 45.1 Å². The Balaban J connectivity index is 2.03. The molecule has 3 heterocycles. The monoisotopic (exact) mass is 319 g/mol. The molecule has 0 saturated carbocycles. The molecule has 2 aromatic rings. The van der Waals surface area contributed by atoms with E-state index in [9.17, 15) is 14.3 Å². The van der Waals surface area contributed by atoms with Gasteiger partial charge >= 0.3 is 0 Å². The summed E-state index contributed by atoms with van der Waals surface area (Å²) in [4.78, 5) is 19.4. The molecule has 124 valence electrons. The van der Waals surface area contributed by atoms with Crippen molar-refractivity contribution in [3.05, 3.63) is 35.5 Å². The largest absolute Gasteiger partial charge is 0.396 e. The molecule has 1 aliphatic heterocycles. The minimum atomic E-state index is -0.392. The van der Waals surface area contributed by atoms with Crippen LogP contribution in [0.1, 0.15) is 48.8 Å². The fourth-order valence-corrected chi connectivity index (χ4v) is 3.39. The first-order valence-corrected chi connectivity index (χ1v) is 8.24. The highest BCUT2D eigenvalue weighted by Gasteiger charge is 2.30. The first kappa shape index (κ1) is 15.9. The molecule has 1 fully saturated rings. The second kappa shape index (κ2) is 6.66. The number of aryl methyl sites for hydroxylation is 1. The quantitative estimate of drug-likeness (QED) is 0.941. The molecule has 1 N–H and O–H groups in total. The molecule has 1 saturated heterocycles. The zero-order valence-corrected chi connectivity index (χ0v) is 13.3. The van der Waals surface area contributed by atoms with E-state index < -0.39 is 5.82 Å². The smallest absolute Gasteiger partial charge is 0.273 e. The van der Waals surface area contributed by atoms with Gasteiger partial charge in [-0.05, 0) is 44.2 Å². The highest BCUT2D eigenvalue weighted by atomic mass is 19.1. The second-order valence-corrected chi connectivity index (χ2v) is 6.00. The molecule has 0 aromatic carbocycles. The summed E-state index contributed by atoms with van der Waals surface area (Å²) in [5.41, 5.74) is 1.73. The molecule has 0 bridgehead atoms. The van der Waals surface area contributed by atoms with Gasteiger partial charge < -0.3 is 10.0 Å². The van der Waals surface area contributed by atoms with Gasteiger partial charge in [0.2, 0.25) is 0 Å². The van der Waals surface area contributed by atoms with Crippen molar-refractivity contribution in [3.63, 3.8) is 0 Å². The summed E-state index contributed by atoms with van der Waals surface area (Å²) in [6.45, 7) is 2.68. The average Bonchev–Trinajstić information content (AvgIpc) is 2.92. The molecule has 1 aliphatic rings. The van der Waals surface area contributed by atoms with Crippen LogP contribution < -0.4 is 0 Å². The normalized spacial score (nSPS) is 18.6. The summed E-state index contributed by atoms with van der Waals surface area (Å²) in [6.07, 6.45) is 5.44. The van der Waals surface area contributed by atoms with Crippen molar-refractivity contribution in [3.8, 4) is 0 Å². The third kappa shape index (κ3) is 2.95. The SMILES string of the molecule is CCc1nc2ccc(F)cn2c1C(=O)N1CCCCC1CCO. The summed E-state index contributed by atoms with van der Waals surface area (Å²) in [5.74, 6) is -0.504. The molecule has 23 heavy (non-hydrogen) atoms. The predicted molar refractivity (Wildman–Crippen MR) is 84.9 cm³/mol. The van der Waals surface area contributed by atoms with Crippen LogP contribution in [-0.2, 0) is 6.42 Å². The summed E-state index contributed by atoms with van der Waals surface area (Å²) >= 11 is 0. The van der Waals surface area contributed by atoms with E-state index in [1.54, 1.807) is 10.5 Å². The number of piperidine rings is 1. The third-order valence-corrected chi connectivity index (χ3v) is 4.54. The van der Waals surface area contributed by atoms with Crippen LogP contribution in [0.4, 0.5) is 4.39 Å². The van der Waals surface area contributed by atoms with E-state index in [0.717, 1.165) is 19.3 Å². The molecular formula is C17H22FN3O2. The van der Waals surface area contributed by atoms with Crippen LogP contribution in [0.2, 0.25) is 0 Å². The number of halogens is 1. The first-order valence-electron chi connectivity index (χ1n) is 8.24. The molecule has 6 heteroatoms. The van der Waals surface area contributed by atoms with Crippen LogP contribution in [0.15, 0.2) is 18.3 Å². The highest BCUT2D eigenvalue weighted by Crippen LogP contribution is 2.24. The second-order valence-electron chi connectivity index (χ2n) is 6.00. The van der Waals surface area contributed by atoms with Gasteiger partial charge in [-0.15, -0.1) is 0 Å². The standard InChI is InChI=1S/C17H22FN3O2/c1-2-14-16(21-11-12(18)6-7-15(21)19-14)17(23)20-9-4-3-5-13(20)8-10-22/h6-7,11,13,22H,2-5,8-10H2,1H3. The summed E-state index contributed by atoms with van der Waals surface area (Å²) < 4.78 is 15.2. The molecule has 3 rings (SSSR count). The van der Waals surface area contributed by atoms with Gasteiger partial charge in [0.15, 0.2) is 0 Å². The van der Waals surface area contributed by atoms with Crippen LogP contribution in [-0.4, -0.2) is 44.5 Å². The lowest BCUT2D eigenvalue weighted by Crippen LogP contribution is -2.44. The number of hydrogen-bond donors (Lipinski definition) is 1. The van der Waals surface area contributed by atoms with Gasteiger partial charge in [0.1, 0.15) is 17.2 Å². The maximum atomic E-state index is 13.6. The van der Waals surface area contributed by atoms with Crippen LogP contribution >= 0.6 is 0 Å². The Morgan fingerprint density at radius 2 is 2.26 bits per heavy atom. The van der Waals surface area contributed by atoms with Crippen molar-refractivity contribution >= 4 is 11.6 Å². The van der Waals surface area contributed by atoms with E-state index in [2.05, 4.69) is 4.98 Å². The molecule has 1 amide bonds. The Bertz CT molecular complexity index is 711. The van der Waals surface area contributed by atoms with Crippen molar-refractivity contribution in [2.24, 2.45) is 0 Å². The summed E-state index contributed by atoms with van der Waals surface area (Å²) in [5, 5.41) is 9.25. The number of imidazole rings is 1. The van der Waals surface area contributed by atoms with Crippen molar-refractivity contribution < 1.29 is 14.3 Å². The Kier molecular flexibility index (Phi) is 4.61. The molecule has 1 unspecified atom stereocenters. The minimum Gasteiger partial charge on any atom is -0.396 e. The van der Waals surface area contributed by atoms with E-state index in [1.807, 2.05) is 11.8 Å². The lowest BCUT2D eigenvalue weighted by atomic mass is 9.99. The fourth-order valence-electron chi connectivity index (χ4n) is 3.39. The van der Waals surface area contributed by atoms with Crippen LogP contribution in [0.3, 0.4) is 0 Å². The number of carbonyl (C=O) groups excluding carboxylic acids is 1. The zero-order chi connectivity index (χ0) is 16.4. The molecule has 0 radical (unpaired) electrons. The first-order chi connectivity index (χ1) is 11.2. The third-order valence-electron chi connectivity index (χ3n) is 4.54. The topological polar surface area (TPSA) is 57.8 Å². The van der Waals surface area contributed by atoms with Gasteiger partial charge in [0.05, 0.1) is 5.69 Å². The van der Waals surface area contributed by atoms with E-state index >= 15 is 0 Å². The maximum Gasteiger partial charge on any atom is 0.273 e. The van der Waals surface area contributed by atoms with E-state index in [-0.39, 0.29) is 18.6 Å². The Morgan fingerprint density at radius 1 is 1.43 bits per heavy atom. The predicted octanol–water partition coefficient (Wildman–Crippen LogP) is 2.41. The van der Waals surface area contributed by atoms with Gasteiger partial charge in [0, 0.05) is 25.4 Å². The van der Waals surface area contributed by atoms with Crippen LogP contribution in [0.25, 0.3) is 5.65 Å². The van der Waals surface area contributed by atoms with Crippen LogP contribution in [0.5, 0.6) is 0 Å². The van der Waals surface area contributed by atoms with Crippen molar-refractivity contribution in [2.75, 3.05) is 13.2 Å². The number of carbonyl (C=O) groups is 1. The van der Waals surface area contributed by atoms with Gasteiger partial charge in [-0.2, -0.15) is 0 Å². The average molecular weight is 319 g/mol. The molecule has 0 spiro atoms. The van der Waals surface area contributed by atoms with E-state index in [1.165, 1.54) is 12.3 Å². The molecule has 2 aromatic heterocycles. The fraction of sp³-hybridized carbons (Fsp3) is 0.529. The van der Waals surface area contributed by atoms with Crippen LogP contribution in [0, 0.1) is 5.82 Å². The number of amides is 1. The lowest BCUT2D eigenvalue weighted by molar-refractivity contribution is 0.0566. The maximum absolute atomic E-state index is 13.6. The Morgan fingerprint density at radius 3 is 3.00 bits per heavy atom. The van der Waals surface area contributed by atoms with Crippen molar-refractivity contribution in [1.29, 1.82) is 0 Å². The lowest BCUT2D eigenvalue weighted by Gasteiger charge is -2.35. The minimum absolute atomic E-state index is 0.0464. The zero-order valence-electron chi connectivity index (χ0n) is 13.3. The number of rotatable bonds is 4. The number of likely N-dealkylation sites (tertiary alicyclic amines) is 1. The summed E-state index contributed by atoms with van der Waals surface area (Å²) in [6, 6.07) is 2.99. The highest BCUT2D eigenvalue weighted by molar-refractivity contribution is 5.95. The number of aliphatic hydroxyl groups excluding tert-OH is 1. The number of nitrogens with zero attached hydrogens (tertiary/aromatic N) is 3. The number of fused-ring (bicyclic) bond motifs is 1. The van der Waals surface area contributed by atoms with Gasteiger partial charge in [-0.25, -0.2) is 9.37 Å². The van der Waals surface area contributed by atoms with E-state index in [0.29, 0.717) is 36.4 Å². The summed E-state index contributed by atoms with van der Waals surface area (Å²) in [7, 11) is 0. The Hall–Kier alpha value is -1.95.